The zero-order valence-corrected chi connectivity index (χ0v) is 25.4. The number of amides is 2. The summed E-state index contributed by atoms with van der Waals surface area (Å²) < 4.78 is 0.634. The van der Waals surface area contributed by atoms with Crippen LogP contribution < -0.4 is 20.9 Å². The third-order valence-electron chi connectivity index (χ3n) is 6.67. The predicted octanol–water partition coefficient (Wildman–Crippen LogP) is 4.17. The number of carbonyl (C=O) groups is 4. The molecule has 5 N–H and O–H groups in total. The number of hydrogen-bond acceptors (Lipinski definition) is 8. The van der Waals surface area contributed by atoms with Gasteiger partial charge in [-0.2, -0.15) is 0 Å². The van der Waals surface area contributed by atoms with E-state index in [1.165, 1.54) is 17.9 Å². The summed E-state index contributed by atoms with van der Waals surface area (Å²) >= 11 is 3.29. The fourth-order valence-electron chi connectivity index (χ4n) is 4.08. The normalized spacial score (nSPS) is 12.1. The van der Waals surface area contributed by atoms with Crippen LogP contribution in [0.3, 0.4) is 0 Å². The molecule has 0 aliphatic heterocycles. The van der Waals surface area contributed by atoms with E-state index in [-0.39, 0.29) is 47.6 Å². The number of anilines is 2. The van der Waals surface area contributed by atoms with Gasteiger partial charge in [0, 0.05) is 21.2 Å². The number of Topliss-reactive ketones (excluding diaryl/α,β-unsaturated/α-hetero) is 2. The molecule has 11 heteroatoms. The maximum Gasteiger partial charge on any atom is 0.249 e. The quantitative estimate of drug-likeness (QED) is 0.140. The molecule has 0 spiro atoms. The van der Waals surface area contributed by atoms with Gasteiger partial charge in [0.15, 0.2) is 11.6 Å². The van der Waals surface area contributed by atoms with Gasteiger partial charge in [0.1, 0.15) is 11.8 Å². The Balaban J connectivity index is 1.91. The van der Waals surface area contributed by atoms with Crippen molar-refractivity contribution >= 4 is 56.4 Å². The van der Waals surface area contributed by atoms with Crippen LogP contribution in [0.1, 0.15) is 47.1 Å². The molecule has 0 unspecified atom stereocenters. The predicted molar refractivity (Wildman–Crippen MR) is 167 cm³/mol. The third-order valence-corrected chi connectivity index (χ3v) is 7.16. The number of carbonyl (C=O) groups excluding carboxylic acids is 4. The minimum atomic E-state index is -0.950. The molecular weight excluding hydrogens is 602 g/mol. The molecule has 2 amide bonds. The van der Waals surface area contributed by atoms with Crippen molar-refractivity contribution in [3.05, 3.63) is 87.9 Å². The van der Waals surface area contributed by atoms with Crippen LogP contribution in [0.25, 0.3) is 0 Å². The minimum absolute atomic E-state index is 0.0353. The van der Waals surface area contributed by atoms with Crippen LogP contribution in [0.4, 0.5) is 11.4 Å². The number of hydrogen-bond donors (Lipinski definition) is 5. The van der Waals surface area contributed by atoms with E-state index in [9.17, 15) is 24.3 Å². The summed E-state index contributed by atoms with van der Waals surface area (Å²) in [6.07, 6.45) is 0. The van der Waals surface area contributed by atoms with Crippen molar-refractivity contribution in [3.8, 4) is 5.75 Å². The third kappa shape index (κ3) is 8.11. The molecule has 0 bridgehead atoms. The van der Waals surface area contributed by atoms with Crippen molar-refractivity contribution in [1.82, 2.24) is 10.6 Å². The number of rotatable bonds is 13. The second-order valence-corrected chi connectivity index (χ2v) is 10.6. The summed E-state index contributed by atoms with van der Waals surface area (Å²) in [6, 6.07) is 16.4. The highest BCUT2D eigenvalue weighted by Crippen LogP contribution is 2.28. The first-order chi connectivity index (χ1) is 19.9. The van der Waals surface area contributed by atoms with Gasteiger partial charge < -0.3 is 31.4 Å². The summed E-state index contributed by atoms with van der Waals surface area (Å²) in [6.45, 7) is 4.35. The monoisotopic (exact) mass is 635 g/mol. The highest BCUT2D eigenvalue weighted by molar-refractivity contribution is 9.10. The van der Waals surface area contributed by atoms with Crippen molar-refractivity contribution in [2.45, 2.75) is 32.9 Å². The largest absolute Gasteiger partial charge is 0.507 e. The zero-order chi connectivity index (χ0) is 31.0. The fraction of sp³-hybridized carbons (Fsp3) is 0.258. The topological polar surface area (TPSA) is 152 Å². The lowest BCUT2D eigenvalue weighted by atomic mass is 10.1. The Kier molecular flexibility index (Phi) is 11.1. The molecule has 0 aromatic heterocycles. The molecule has 0 aliphatic rings. The zero-order valence-electron chi connectivity index (χ0n) is 23.8. The molecule has 2 atom stereocenters. The number of aromatic hydroxyl groups is 1. The number of para-hydroxylation sites is 2. The summed E-state index contributed by atoms with van der Waals surface area (Å²) in [5.74, 6) is -1.32. The summed E-state index contributed by atoms with van der Waals surface area (Å²) in [5, 5.41) is 27.8. The van der Waals surface area contributed by atoms with Crippen molar-refractivity contribution in [3.63, 3.8) is 0 Å². The number of phenols is 1. The van der Waals surface area contributed by atoms with E-state index in [1.54, 1.807) is 81.6 Å². The summed E-state index contributed by atoms with van der Waals surface area (Å²) in [4.78, 5) is 52.1. The molecule has 220 valence electrons. The van der Waals surface area contributed by atoms with E-state index in [4.69, 9.17) is 5.41 Å². The number of phenolic OH excluding ortho intramolecular Hbond substituents is 1. The van der Waals surface area contributed by atoms with Crippen LogP contribution in [-0.2, 0) is 9.59 Å². The van der Waals surface area contributed by atoms with E-state index in [2.05, 4.69) is 31.9 Å². The molecule has 0 saturated carbocycles. The van der Waals surface area contributed by atoms with Gasteiger partial charge in [-0.3, -0.25) is 19.2 Å². The van der Waals surface area contributed by atoms with Gasteiger partial charge in [-0.25, -0.2) is 0 Å². The van der Waals surface area contributed by atoms with Crippen LogP contribution in [0.5, 0.6) is 5.75 Å². The van der Waals surface area contributed by atoms with Gasteiger partial charge in [0.25, 0.3) is 0 Å². The van der Waals surface area contributed by atoms with Crippen molar-refractivity contribution in [1.29, 1.82) is 5.41 Å². The number of ketones is 2. The number of likely N-dealkylation sites (N-methyl/N-ethyl adjacent to an activating group) is 1. The molecule has 10 nitrogen and oxygen atoms in total. The smallest absolute Gasteiger partial charge is 0.249 e. The molecule has 3 rings (SSSR count). The second-order valence-electron chi connectivity index (χ2n) is 9.73. The Labute approximate surface area is 253 Å². The number of benzene rings is 3. The number of nitrogens with one attached hydrogen (secondary N) is 4. The Morgan fingerprint density at radius 2 is 1.60 bits per heavy atom. The number of halogens is 1. The summed E-state index contributed by atoms with van der Waals surface area (Å²) in [5.41, 5.74) is 1.96. The van der Waals surface area contributed by atoms with Crippen LogP contribution in [0, 0.1) is 5.41 Å². The second kappa shape index (κ2) is 14.5. The summed E-state index contributed by atoms with van der Waals surface area (Å²) in [7, 11) is 1.63. The van der Waals surface area contributed by atoms with Gasteiger partial charge in [-0.15, -0.1) is 0 Å². The molecule has 3 aromatic rings. The van der Waals surface area contributed by atoms with E-state index in [0.717, 1.165) is 0 Å². The standard InChI is InChI=1S/C31H34BrN5O5/c1-18(34-4)30(41)36-19(2)31(42)37(17-25(33)24-14-13-23(32)15-28(24)39)27-8-6-5-7-26(27)35-16-29(40)22-11-9-21(10-12-22)20(3)38/h5-15,18-19,33-35,39H,16-17H2,1-4H3,(H,36,41)/t18-,19-/m0/s1. The molecule has 0 aliphatic carbocycles. The van der Waals surface area contributed by atoms with Gasteiger partial charge in [0.2, 0.25) is 11.8 Å². The maximum absolute atomic E-state index is 13.8. The fourth-order valence-corrected chi connectivity index (χ4v) is 4.43. The first-order valence-electron chi connectivity index (χ1n) is 13.2. The maximum atomic E-state index is 13.8. The van der Waals surface area contributed by atoms with E-state index < -0.39 is 18.0 Å². The Bertz CT molecular complexity index is 1490. The van der Waals surface area contributed by atoms with Gasteiger partial charge in [-0.1, -0.05) is 52.3 Å². The van der Waals surface area contributed by atoms with Crippen LogP contribution >= 0.6 is 15.9 Å². The van der Waals surface area contributed by atoms with E-state index in [1.807, 2.05) is 0 Å². The SMILES string of the molecule is CN[C@@H](C)C(=O)N[C@@H](C)C(=O)N(CC(=N)c1ccc(Br)cc1O)c1ccccc1NCC(=O)c1ccc(C(C)=O)cc1. The molecule has 0 radical (unpaired) electrons. The van der Waals surface area contributed by atoms with Crippen LogP contribution in [0.15, 0.2) is 71.2 Å². The lowest BCUT2D eigenvalue weighted by Gasteiger charge is -2.29. The lowest BCUT2D eigenvalue weighted by Crippen LogP contribution is -2.52. The number of nitrogens with zero attached hydrogens (tertiary/aromatic N) is 1. The van der Waals surface area contributed by atoms with E-state index >= 15 is 0 Å². The van der Waals surface area contributed by atoms with Crippen molar-refractivity contribution in [2.75, 3.05) is 30.4 Å². The first-order valence-corrected chi connectivity index (χ1v) is 14.0. The first kappa shape index (κ1) is 32.2. The van der Waals surface area contributed by atoms with Gasteiger partial charge in [-0.05, 0) is 58.2 Å². The average Bonchev–Trinajstić information content (AvgIpc) is 2.97. The molecule has 0 fully saturated rings. The van der Waals surface area contributed by atoms with Crippen molar-refractivity contribution in [2.24, 2.45) is 0 Å². The van der Waals surface area contributed by atoms with Crippen LogP contribution in [-0.4, -0.2) is 66.4 Å². The minimum Gasteiger partial charge on any atom is -0.507 e. The van der Waals surface area contributed by atoms with E-state index in [0.29, 0.717) is 27.0 Å². The molecular formula is C31H34BrN5O5. The Hall–Kier alpha value is -4.35. The molecule has 42 heavy (non-hydrogen) atoms. The van der Waals surface area contributed by atoms with Crippen LogP contribution in [0.2, 0.25) is 0 Å². The molecule has 0 saturated heterocycles. The molecule has 0 heterocycles. The molecule has 3 aromatic carbocycles. The lowest BCUT2D eigenvalue weighted by molar-refractivity contribution is -0.128. The Morgan fingerprint density at radius 3 is 2.21 bits per heavy atom. The van der Waals surface area contributed by atoms with Gasteiger partial charge >= 0.3 is 0 Å². The van der Waals surface area contributed by atoms with Gasteiger partial charge in [0.05, 0.1) is 36.2 Å². The average molecular weight is 637 g/mol. The highest BCUT2D eigenvalue weighted by atomic mass is 79.9. The highest BCUT2D eigenvalue weighted by Gasteiger charge is 2.28. The van der Waals surface area contributed by atoms with Crippen molar-refractivity contribution < 1.29 is 24.3 Å². The Morgan fingerprint density at radius 1 is 0.952 bits per heavy atom.